The SMILES string of the molecule is CCC(C)(C)C1CC2CCC(C1)N2C(=O)OC1CCC1. The highest BCUT2D eigenvalue weighted by Gasteiger charge is 2.47. The minimum absolute atomic E-state index is 0.0186. The second-order valence-electron chi connectivity index (χ2n) is 7.74. The summed E-state index contributed by atoms with van der Waals surface area (Å²) in [5.41, 5.74) is 0.408. The van der Waals surface area contributed by atoms with E-state index < -0.39 is 0 Å². The van der Waals surface area contributed by atoms with Crippen LogP contribution in [0.15, 0.2) is 0 Å². The van der Waals surface area contributed by atoms with E-state index in [1.807, 2.05) is 0 Å². The molecule has 3 fully saturated rings. The van der Waals surface area contributed by atoms with Crippen LogP contribution in [0.2, 0.25) is 0 Å². The Bertz CT molecular complexity index is 361. The van der Waals surface area contributed by atoms with Crippen molar-refractivity contribution in [1.82, 2.24) is 4.90 Å². The normalized spacial score (nSPS) is 34.0. The van der Waals surface area contributed by atoms with Crippen molar-refractivity contribution in [3.8, 4) is 0 Å². The number of amides is 1. The highest BCUT2D eigenvalue weighted by Crippen LogP contribution is 2.47. The third kappa shape index (κ3) is 2.44. The van der Waals surface area contributed by atoms with Crippen molar-refractivity contribution in [3.05, 3.63) is 0 Å². The lowest BCUT2D eigenvalue weighted by molar-refractivity contribution is -0.00644. The average Bonchev–Trinajstić information content (AvgIpc) is 2.64. The fourth-order valence-corrected chi connectivity index (χ4v) is 4.09. The first-order valence-corrected chi connectivity index (χ1v) is 8.50. The summed E-state index contributed by atoms with van der Waals surface area (Å²) in [7, 11) is 0. The quantitative estimate of drug-likeness (QED) is 0.768. The third-order valence-electron chi connectivity index (χ3n) is 6.28. The third-order valence-corrected chi connectivity index (χ3v) is 6.28. The van der Waals surface area contributed by atoms with Gasteiger partial charge in [-0.3, -0.25) is 0 Å². The molecule has 2 atom stereocenters. The fourth-order valence-electron chi connectivity index (χ4n) is 4.09. The smallest absolute Gasteiger partial charge is 0.410 e. The number of hydrogen-bond acceptors (Lipinski definition) is 2. The van der Waals surface area contributed by atoms with Crippen LogP contribution in [0, 0.1) is 11.3 Å². The van der Waals surface area contributed by atoms with Crippen LogP contribution < -0.4 is 0 Å². The van der Waals surface area contributed by atoms with Gasteiger partial charge in [-0.05, 0) is 56.3 Å². The first-order valence-electron chi connectivity index (χ1n) is 8.50. The molecule has 3 aliphatic rings. The van der Waals surface area contributed by atoms with Crippen molar-refractivity contribution < 1.29 is 9.53 Å². The molecule has 2 saturated heterocycles. The van der Waals surface area contributed by atoms with E-state index in [1.165, 1.54) is 38.5 Å². The number of carbonyl (C=O) groups is 1. The number of hydrogen-bond donors (Lipinski definition) is 0. The maximum Gasteiger partial charge on any atom is 0.410 e. The van der Waals surface area contributed by atoms with Crippen LogP contribution in [0.4, 0.5) is 4.79 Å². The lowest BCUT2D eigenvalue weighted by Gasteiger charge is -2.45. The second-order valence-corrected chi connectivity index (χ2v) is 7.74. The Morgan fingerprint density at radius 2 is 1.75 bits per heavy atom. The molecule has 2 heterocycles. The van der Waals surface area contributed by atoms with Gasteiger partial charge in [0.1, 0.15) is 6.10 Å². The summed E-state index contributed by atoms with van der Waals surface area (Å²) in [6.07, 6.45) is 9.50. The Kier molecular flexibility index (Phi) is 3.72. The predicted octanol–water partition coefficient (Wildman–Crippen LogP) is 4.35. The molecule has 3 nitrogen and oxygen atoms in total. The molecule has 114 valence electrons. The van der Waals surface area contributed by atoms with Gasteiger partial charge in [0.25, 0.3) is 0 Å². The van der Waals surface area contributed by atoms with E-state index >= 15 is 0 Å². The van der Waals surface area contributed by atoms with E-state index in [9.17, 15) is 4.79 Å². The minimum atomic E-state index is -0.0186. The van der Waals surface area contributed by atoms with Crippen molar-refractivity contribution in [1.29, 1.82) is 0 Å². The number of carbonyl (C=O) groups excluding carboxylic acids is 1. The highest BCUT2D eigenvalue weighted by molar-refractivity contribution is 5.69. The van der Waals surface area contributed by atoms with Crippen molar-refractivity contribution in [2.45, 2.75) is 90.3 Å². The first-order chi connectivity index (χ1) is 9.51. The topological polar surface area (TPSA) is 29.5 Å². The molecule has 1 amide bonds. The maximum atomic E-state index is 12.4. The van der Waals surface area contributed by atoms with Crippen LogP contribution in [-0.2, 0) is 4.74 Å². The summed E-state index contributed by atoms with van der Waals surface area (Å²) in [5.74, 6) is 0.762. The lowest BCUT2D eigenvalue weighted by Crippen LogP contribution is -2.50. The summed E-state index contributed by atoms with van der Waals surface area (Å²) in [5, 5.41) is 0. The van der Waals surface area contributed by atoms with Crippen LogP contribution in [0.3, 0.4) is 0 Å². The summed E-state index contributed by atoms with van der Waals surface area (Å²) in [6, 6.07) is 0.884. The molecule has 0 N–H and O–H groups in total. The molecule has 1 saturated carbocycles. The van der Waals surface area contributed by atoms with Crippen LogP contribution in [0.25, 0.3) is 0 Å². The summed E-state index contributed by atoms with van der Waals surface area (Å²) in [6.45, 7) is 7.07. The van der Waals surface area contributed by atoms with Gasteiger partial charge in [0, 0.05) is 12.1 Å². The predicted molar refractivity (Wildman–Crippen MR) is 79.6 cm³/mol. The Balaban J connectivity index is 1.64. The van der Waals surface area contributed by atoms with Gasteiger partial charge >= 0.3 is 6.09 Å². The van der Waals surface area contributed by atoms with Gasteiger partial charge in [0.05, 0.1) is 0 Å². The molecule has 0 aromatic heterocycles. The molecule has 3 heteroatoms. The maximum absolute atomic E-state index is 12.4. The second kappa shape index (κ2) is 5.23. The van der Waals surface area contributed by atoms with Gasteiger partial charge in [0.2, 0.25) is 0 Å². The fraction of sp³-hybridized carbons (Fsp3) is 0.941. The number of nitrogens with zero attached hydrogens (tertiary/aromatic N) is 1. The van der Waals surface area contributed by atoms with Crippen LogP contribution in [0.1, 0.15) is 72.1 Å². The summed E-state index contributed by atoms with van der Waals surface area (Å²) < 4.78 is 5.64. The molecule has 20 heavy (non-hydrogen) atoms. The summed E-state index contributed by atoms with van der Waals surface area (Å²) in [4.78, 5) is 14.5. The number of rotatable bonds is 3. The highest BCUT2D eigenvalue weighted by atomic mass is 16.6. The number of ether oxygens (including phenoxy) is 1. The zero-order valence-electron chi connectivity index (χ0n) is 13.2. The van der Waals surface area contributed by atoms with Gasteiger partial charge < -0.3 is 9.64 Å². The van der Waals surface area contributed by atoms with E-state index in [1.54, 1.807) is 0 Å². The molecular weight excluding hydrogens is 250 g/mol. The van der Waals surface area contributed by atoms with Crippen molar-refractivity contribution in [2.24, 2.45) is 11.3 Å². The minimum Gasteiger partial charge on any atom is -0.446 e. The molecule has 2 bridgehead atoms. The van der Waals surface area contributed by atoms with Crippen LogP contribution in [-0.4, -0.2) is 29.2 Å². The van der Waals surface area contributed by atoms with E-state index in [0.717, 1.165) is 18.8 Å². The Morgan fingerprint density at radius 1 is 1.15 bits per heavy atom. The molecule has 1 aliphatic carbocycles. The largest absolute Gasteiger partial charge is 0.446 e. The molecule has 0 radical (unpaired) electrons. The Hall–Kier alpha value is -0.730. The zero-order valence-corrected chi connectivity index (χ0v) is 13.2. The van der Waals surface area contributed by atoms with Crippen LogP contribution in [0.5, 0.6) is 0 Å². The van der Waals surface area contributed by atoms with Gasteiger partial charge in [0.15, 0.2) is 0 Å². The van der Waals surface area contributed by atoms with Gasteiger partial charge in [-0.1, -0.05) is 27.2 Å². The molecule has 3 rings (SSSR count). The van der Waals surface area contributed by atoms with Crippen LogP contribution >= 0.6 is 0 Å². The number of piperidine rings is 1. The lowest BCUT2D eigenvalue weighted by atomic mass is 9.70. The first kappa shape index (κ1) is 14.2. The summed E-state index contributed by atoms with van der Waals surface area (Å²) >= 11 is 0. The average molecular weight is 279 g/mol. The van der Waals surface area contributed by atoms with E-state index in [2.05, 4.69) is 25.7 Å². The van der Waals surface area contributed by atoms with E-state index in [4.69, 9.17) is 4.74 Å². The van der Waals surface area contributed by atoms with Gasteiger partial charge in [-0.15, -0.1) is 0 Å². The number of fused-ring (bicyclic) bond motifs is 2. The Labute approximate surface area is 123 Å². The van der Waals surface area contributed by atoms with Gasteiger partial charge in [-0.2, -0.15) is 0 Å². The monoisotopic (exact) mass is 279 g/mol. The van der Waals surface area contributed by atoms with E-state index in [-0.39, 0.29) is 12.2 Å². The zero-order chi connectivity index (χ0) is 14.3. The molecule has 2 aliphatic heterocycles. The molecular formula is C17H29NO2. The van der Waals surface area contributed by atoms with Crippen molar-refractivity contribution in [2.75, 3.05) is 0 Å². The molecule has 0 aromatic rings. The van der Waals surface area contributed by atoms with Gasteiger partial charge in [-0.25, -0.2) is 4.79 Å². The molecule has 0 spiro atoms. The van der Waals surface area contributed by atoms with E-state index in [0.29, 0.717) is 17.5 Å². The molecule has 2 unspecified atom stereocenters. The molecule has 0 aromatic carbocycles. The standard InChI is InChI=1S/C17H29NO2/c1-4-17(2,3)12-10-13-8-9-14(11-12)18(13)16(19)20-15-6-5-7-15/h12-15H,4-11H2,1-3H3. The Morgan fingerprint density at radius 3 is 2.20 bits per heavy atom. The van der Waals surface area contributed by atoms with Crippen molar-refractivity contribution >= 4 is 6.09 Å². The van der Waals surface area contributed by atoms with Crippen molar-refractivity contribution in [3.63, 3.8) is 0 Å².